The van der Waals surface area contributed by atoms with Crippen LogP contribution in [0.3, 0.4) is 0 Å². The quantitative estimate of drug-likeness (QED) is 0.758. The Morgan fingerprint density at radius 1 is 1.35 bits per heavy atom. The number of benzene rings is 1. The molecule has 20 heavy (non-hydrogen) atoms. The molecule has 0 spiro atoms. The molecule has 1 aromatic carbocycles. The van der Waals surface area contributed by atoms with E-state index in [-0.39, 0.29) is 0 Å². The summed E-state index contributed by atoms with van der Waals surface area (Å²) < 4.78 is 24.3. The molecule has 2 atom stereocenters. The van der Waals surface area contributed by atoms with Crippen molar-refractivity contribution in [2.45, 2.75) is 26.4 Å². The minimum Gasteiger partial charge on any atom is -0.481 e. The lowest BCUT2D eigenvalue weighted by atomic mass is 10.0. The maximum Gasteiger partial charge on any atom is 0.211 e. The zero-order valence-corrected chi connectivity index (χ0v) is 13.7. The Morgan fingerprint density at radius 2 is 2.00 bits per heavy atom. The number of ether oxygens (including phenoxy) is 1. The Balaban J connectivity index is 2.32. The molecule has 0 amide bonds. The van der Waals surface area contributed by atoms with Crippen molar-refractivity contribution in [2.75, 3.05) is 18.9 Å². The molecule has 0 fully saturated rings. The molecule has 5 heteroatoms. The van der Waals surface area contributed by atoms with Gasteiger partial charge >= 0.3 is 0 Å². The van der Waals surface area contributed by atoms with Crippen LogP contribution in [0.25, 0.3) is 0 Å². The van der Waals surface area contributed by atoms with Crippen LogP contribution < -0.4 is 4.74 Å². The minimum atomic E-state index is -2.73. The number of allylic oxidation sites excluding steroid dienone is 1. The van der Waals surface area contributed by atoms with E-state index in [9.17, 15) is 4.57 Å². The summed E-state index contributed by atoms with van der Waals surface area (Å²) in [6.07, 6.45) is 0.715. The summed E-state index contributed by atoms with van der Waals surface area (Å²) in [5.41, 5.74) is 0.0868. The minimum absolute atomic E-state index is 0.304. The maximum atomic E-state index is 12.8. The van der Waals surface area contributed by atoms with Gasteiger partial charge in [0.1, 0.15) is 5.75 Å². The van der Waals surface area contributed by atoms with E-state index < -0.39 is 13.0 Å². The number of rotatable bonds is 4. The molecule has 0 saturated carbocycles. The van der Waals surface area contributed by atoms with Crippen LogP contribution in [-0.4, -0.2) is 24.5 Å². The molecule has 0 aromatic heterocycles. The van der Waals surface area contributed by atoms with Crippen molar-refractivity contribution in [3.05, 3.63) is 40.9 Å². The highest BCUT2D eigenvalue weighted by Gasteiger charge is 2.45. The number of halogens is 1. The van der Waals surface area contributed by atoms with Gasteiger partial charge in [-0.1, -0.05) is 29.8 Å². The molecule has 110 valence electrons. The van der Waals surface area contributed by atoms with Gasteiger partial charge in [0.25, 0.3) is 0 Å². The average molecular weight is 315 g/mol. The summed E-state index contributed by atoms with van der Waals surface area (Å²) in [6, 6.07) is 9.45. The van der Waals surface area contributed by atoms with Crippen LogP contribution in [0, 0.1) is 0 Å². The van der Waals surface area contributed by atoms with E-state index >= 15 is 0 Å². The number of hydrogen-bond donors (Lipinski definition) is 0. The lowest BCUT2D eigenvalue weighted by Gasteiger charge is -2.38. The van der Waals surface area contributed by atoms with E-state index in [4.69, 9.17) is 20.9 Å². The Kier molecular flexibility index (Phi) is 4.63. The molecular formula is C15H20ClO3P. The van der Waals surface area contributed by atoms with Crippen molar-refractivity contribution < 1.29 is 13.8 Å². The lowest BCUT2D eigenvalue weighted by Crippen LogP contribution is -2.41. The van der Waals surface area contributed by atoms with Gasteiger partial charge in [0.2, 0.25) is 7.37 Å². The SMILES string of the molecule is CCOP1(=O)CC(C)=C(Cl)C(C)(Oc2ccccc2)C1. The van der Waals surface area contributed by atoms with E-state index in [1.807, 2.05) is 51.1 Å². The predicted molar refractivity (Wildman–Crippen MR) is 83.0 cm³/mol. The first-order valence-electron chi connectivity index (χ1n) is 6.71. The molecule has 0 aliphatic carbocycles. The van der Waals surface area contributed by atoms with Crippen LogP contribution in [0.5, 0.6) is 5.75 Å². The van der Waals surface area contributed by atoms with Crippen LogP contribution in [-0.2, 0) is 9.09 Å². The smallest absolute Gasteiger partial charge is 0.211 e. The number of hydrogen-bond acceptors (Lipinski definition) is 3. The first-order valence-corrected chi connectivity index (χ1v) is 9.08. The summed E-state index contributed by atoms with van der Waals surface area (Å²) in [7, 11) is -2.73. The van der Waals surface area contributed by atoms with Crippen molar-refractivity contribution in [3.63, 3.8) is 0 Å². The molecule has 2 unspecified atom stereocenters. The monoisotopic (exact) mass is 314 g/mol. The van der Waals surface area contributed by atoms with Crippen LogP contribution in [0.2, 0.25) is 0 Å². The summed E-state index contributed by atoms with van der Waals surface area (Å²) in [5, 5.41) is 0.632. The van der Waals surface area contributed by atoms with Crippen molar-refractivity contribution in [1.29, 1.82) is 0 Å². The van der Waals surface area contributed by atoms with E-state index in [0.29, 0.717) is 29.7 Å². The fourth-order valence-corrected chi connectivity index (χ4v) is 5.77. The average Bonchev–Trinajstić information content (AvgIpc) is 2.37. The fraction of sp³-hybridized carbons (Fsp3) is 0.467. The molecule has 0 N–H and O–H groups in total. The van der Waals surface area contributed by atoms with Crippen molar-refractivity contribution in [3.8, 4) is 5.75 Å². The van der Waals surface area contributed by atoms with Crippen molar-refractivity contribution in [1.82, 2.24) is 0 Å². The summed E-state index contributed by atoms with van der Waals surface area (Å²) in [5.74, 6) is 0.714. The third-order valence-electron chi connectivity index (χ3n) is 3.31. The zero-order chi connectivity index (χ0) is 14.8. The second-order valence-corrected chi connectivity index (χ2v) is 8.19. The Labute approximate surface area is 125 Å². The fourth-order valence-electron chi connectivity index (χ4n) is 2.62. The van der Waals surface area contributed by atoms with Gasteiger partial charge in [-0.05, 0) is 38.5 Å². The van der Waals surface area contributed by atoms with Gasteiger partial charge in [-0.25, -0.2) is 0 Å². The van der Waals surface area contributed by atoms with E-state index in [0.717, 1.165) is 5.57 Å². The first kappa shape index (κ1) is 15.6. The Hall–Kier alpha value is -0.760. The molecule has 1 heterocycles. The van der Waals surface area contributed by atoms with E-state index in [1.165, 1.54) is 0 Å². The van der Waals surface area contributed by atoms with Gasteiger partial charge in [-0.2, -0.15) is 0 Å². The normalized spacial score (nSPS) is 30.4. The first-order chi connectivity index (χ1) is 9.38. The van der Waals surface area contributed by atoms with Gasteiger partial charge in [0, 0.05) is 6.16 Å². The van der Waals surface area contributed by atoms with Crippen LogP contribution in [0.1, 0.15) is 20.8 Å². The van der Waals surface area contributed by atoms with Gasteiger partial charge < -0.3 is 9.26 Å². The second-order valence-electron chi connectivity index (χ2n) is 5.29. The predicted octanol–water partition coefficient (Wildman–Crippen LogP) is 4.67. The van der Waals surface area contributed by atoms with E-state index in [1.54, 1.807) is 0 Å². The summed E-state index contributed by atoms with van der Waals surface area (Å²) in [6.45, 7) is 6.05. The third-order valence-corrected chi connectivity index (χ3v) is 6.80. The largest absolute Gasteiger partial charge is 0.481 e. The highest BCUT2D eigenvalue weighted by molar-refractivity contribution is 7.59. The van der Waals surface area contributed by atoms with Crippen LogP contribution >= 0.6 is 19.0 Å². The molecule has 1 aromatic rings. The van der Waals surface area contributed by atoms with Crippen molar-refractivity contribution in [2.24, 2.45) is 0 Å². The molecule has 1 aliphatic rings. The Morgan fingerprint density at radius 3 is 2.60 bits per heavy atom. The van der Waals surface area contributed by atoms with Gasteiger partial charge in [-0.15, -0.1) is 0 Å². The van der Waals surface area contributed by atoms with Crippen molar-refractivity contribution >= 4 is 19.0 Å². The standard InChI is InChI=1S/C15H20ClO3P/c1-4-18-20(17)10-12(2)14(16)15(3,11-20)19-13-8-6-5-7-9-13/h5-9H,4,10-11H2,1-3H3. The molecule has 0 radical (unpaired) electrons. The molecule has 0 bridgehead atoms. The van der Waals surface area contributed by atoms with Gasteiger partial charge in [-0.3, -0.25) is 4.57 Å². The Bertz CT molecular complexity index is 555. The maximum absolute atomic E-state index is 12.8. The summed E-state index contributed by atoms with van der Waals surface area (Å²) >= 11 is 6.43. The molecule has 0 saturated heterocycles. The third kappa shape index (κ3) is 3.28. The molecular weight excluding hydrogens is 295 g/mol. The molecule has 1 aliphatic heterocycles. The lowest BCUT2D eigenvalue weighted by molar-refractivity contribution is 0.151. The zero-order valence-electron chi connectivity index (χ0n) is 12.1. The van der Waals surface area contributed by atoms with Gasteiger partial charge in [0.15, 0.2) is 5.60 Å². The van der Waals surface area contributed by atoms with Crippen LogP contribution in [0.15, 0.2) is 40.9 Å². The summed E-state index contributed by atoms with van der Waals surface area (Å²) in [4.78, 5) is 0. The molecule has 3 nitrogen and oxygen atoms in total. The van der Waals surface area contributed by atoms with Crippen LogP contribution in [0.4, 0.5) is 0 Å². The topological polar surface area (TPSA) is 35.5 Å². The highest BCUT2D eigenvalue weighted by Crippen LogP contribution is 2.57. The van der Waals surface area contributed by atoms with E-state index in [2.05, 4.69) is 0 Å². The van der Waals surface area contributed by atoms with Gasteiger partial charge in [0.05, 0.1) is 17.8 Å². The number of para-hydroxylation sites is 1. The molecule has 2 rings (SSSR count). The second kappa shape index (κ2) is 5.93. The highest BCUT2D eigenvalue weighted by atomic mass is 35.5.